The van der Waals surface area contributed by atoms with Crippen LogP contribution >= 0.6 is 11.6 Å². The number of sulfonamides is 1. The average Bonchev–Trinajstić information content (AvgIpc) is 2.60. The molecule has 8 nitrogen and oxygen atoms in total. The van der Waals surface area contributed by atoms with E-state index in [2.05, 4.69) is 15.8 Å². The van der Waals surface area contributed by atoms with E-state index in [1.54, 1.807) is 19.1 Å². The van der Waals surface area contributed by atoms with Crippen molar-refractivity contribution in [2.75, 3.05) is 29.5 Å². The van der Waals surface area contributed by atoms with Gasteiger partial charge in [0, 0.05) is 13.2 Å². The summed E-state index contributed by atoms with van der Waals surface area (Å²) in [6.45, 7) is 3.89. The number of rotatable bonds is 7. The van der Waals surface area contributed by atoms with Crippen molar-refractivity contribution in [1.29, 1.82) is 0 Å². The van der Waals surface area contributed by atoms with Gasteiger partial charge in [-0.3, -0.25) is 13.9 Å². The highest BCUT2D eigenvalue weighted by Crippen LogP contribution is 2.32. The number of nitrogens with one attached hydrogen (secondary N) is 2. The standard InChI is InChI=1S/C17H21ClN4O4S/c1-5-26-21-17(23)12-10-19-16(18)9-14(12)20-13-7-6-11(2)8-15(13)22(3)27(4,24)25/h6-10H,5H2,1-4H3,(H,19,20)(H,21,23). The van der Waals surface area contributed by atoms with Crippen molar-refractivity contribution in [2.45, 2.75) is 13.8 Å². The minimum atomic E-state index is -3.48. The Hall–Kier alpha value is -2.36. The third-order valence-corrected chi connectivity index (χ3v) is 5.08. The molecular formula is C17H21ClN4O4S. The molecule has 0 unspecified atom stereocenters. The first kappa shape index (κ1) is 20.9. The monoisotopic (exact) mass is 412 g/mol. The zero-order chi connectivity index (χ0) is 20.2. The van der Waals surface area contributed by atoms with Crippen molar-refractivity contribution < 1.29 is 18.0 Å². The lowest BCUT2D eigenvalue weighted by molar-refractivity contribution is 0.0365. The second-order valence-electron chi connectivity index (χ2n) is 5.79. The first-order chi connectivity index (χ1) is 12.6. The molecule has 1 aromatic carbocycles. The second-order valence-corrected chi connectivity index (χ2v) is 8.19. The van der Waals surface area contributed by atoms with Crippen molar-refractivity contribution in [3.8, 4) is 0 Å². The van der Waals surface area contributed by atoms with E-state index in [0.29, 0.717) is 23.7 Å². The fraction of sp³-hybridized carbons (Fsp3) is 0.294. The van der Waals surface area contributed by atoms with Crippen molar-refractivity contribution >= 4 is 44.6 Å². The van der Waals surface area contributed by atoms with Gasteiger partial charge in [-0.15, -0.1) is 0 Å². The van der Waals surface area contributed by atoms with Gasteiger partial charge in [-0.25, -0.2) is 18.9 Å². The number of carbonyl (C=O) groups excluding carboxylic acids is 1. The third kappa shape index (κ3) is 5.31. The summed E-state index contributed by atoms with van der Waals surface area (Å²) in [4.78, 5) is 21.1. The van der Waals surface area contributed by atoms with Crippen LogP contribution in [0.15, 0.2) is 30.5 Å². The highest BCUT2D eigenvalue weighted by molar-refractivity contribution is 7.92. The molecule has 0 saturated heterocycles. The quantitative estimate of drug-likeness (QED) is 0.535. The number of carbonyl (C=O) groups is 1. The van der Waals surface area contributed by atoms with Crippen LogP contribution in [0.3, 0.4) is 0 Å². The Kier molecular flexibility index (Phi) is 6.63. The molecule has 0 aliphatic carbocycles. The van der Waals surface area contributed by atoms with Gasteiger partial charge in [0.1, 0.15) is 5.15 Å². The van der Waals surface area contributed by atoms with Gasteiger partial charge in [0.05, 0.1) is 35.5 Å². The second kappa shape index (κ2) is 8.55. The molecule has 1 aromatic heterocycles. The molecule has 0 bridgehead atoms. The smallest absolute Gasteiger partial charge is 0.278 e. The molecule has 0 radical (unpaired) electrons. The molecule has 10 heteroatoms. The van der Waals surface area contributed by atoms with Crippen molar-refractivity contribution in [3.05, 3.63) is 46.7 Å². The molecule has 1 heterocycles. The van der Waals surface area contributed by atoms with Gasteiger partial charge in [0.2, 0.25) is 10.0 Å². The molecule has 0 fully saturated rings. The van der Waals surface area contributed by atoms with Gasteiger partial charge in [0.25, 0.3) is 5.91 Å². The molecule has 0 spiro atoms. The predicted molar refractivity (Wildman–Crippen MR) is 106 cm³/mol. The van der Waals surface area contributed by atoms with Crippen LogP contribution in [-0.4, -0.2) is 39.2 Å². The van der Waals surface area contributed by atoms with Crippen LogP contribution in [0.4, 0.5) is 17.1 Å². The Balaban J connectivity index is 2.48. The number of anilines is 3. The molecule has 1 amide bonds. The minimum Gasteiger partial charge on any atom is -0.353 e. The summed E-state index contributed by atoms with van der Waals surface area (Å²) >= 11 is 5.97. The normalized spacial score (nSPS) is 11.1. The van der Waals surface area contributed by atoms with Crippen LogP contribution in [0.25, 0.3) is 0 Å². The van der Waals surface area contributed by atoms with E-state index in [-0.39, 0.29) is 10.7 Å². The maximum atomic E-state index is 12.3. The first-order valence-corrected chi connectivity index (χ1v) is 10.3. The topological polar surface area (TPSA) is 101 Å². The summed E-state index contributed by atoms with van der Waals surface area (Å²) < 4.78 is 25.1. The first-order valence-electron chi connectivity index (χ1n) is 8.02. The summed E-state index contributed by atoms with van der Waals surface area (Å²) in [5.74, 6) is -0.506. The summed E-state index contributed by atoms with van der Waals surface area (Å²) in [5.41, 5.74) is 4.65. The average molecular weight is 413 g/mol. The summed E-state index contributed by atoms with van der Waals surface area (Å²) in [7, 11) is -2.02. The molecule has 0 aliphatic heterocycles. The highest BCUT2D eigenvalue weighted by atomic mass is 35.5. The van der Waals surface area contributed by atoms with E-state index in [0.717, 1.165) is 16.1 Å². The lowest BCUT2D eigenvalue weighted by Gasteiger charge is -2.22. The van der Waals surface area contributed by atoms with Gasteiger partial charge in [-0.05, 0) is 37.6 Å². The zero-order valence-corrected chi connectivity index (χ0v) is 17.0. The van der Waals surface area contributed by atoms with Crippen LogP contribution < -0.4 is 15.1 Å². The SMILES string of the molecule is CCONC(=O)c1cnc(Cl)cc1Nc1ccc(C)cc1N(C)S(C)(=O)=O. The molecular weight excluding hydrogens is 392 g/mol. The Bertz CT molecular complexity index is 950. The number of hydrogen-bond acceptors (Lipinski definition) is 6. The van der Waals surface area contributed by atoms with Crippen LogP contribution in [0.2, 0.25) is 5.15 Å². The van der Waals surface area contributed by atoms with Gasteiger partial charge in [-0.2, -0.15) is 0 Å². The number of pyridine rings is 1. The minimum absolute atomic E-state index is 0.176. The van der Waals surface area contributed by atoms with E-state index < -0.39 is 15.9 Å². The number of aryl methyl sites for hydroxylation is 1. The molecule has 146 valence electrons. The van der Waals surface area contributed by atoms with E-state index in [4.69, 9.17) is 16.4 Å². The van der Waals surface area contributed by atoms with Gasteiger partial charge in [0.15, 0.2) is 0 Å². The van der Waals surface area contributed by atoms with E-state index in [9.17, 15) is 13.2 Å². The zero-order valence-electron chi connectivity index (χ0n) is 15.4. The number of benzene rings is 1. The number of aromatic nitrogens is 1. The van der Waals surface area contributed by atoms with Crippen LogP contribution in [0.1, 0.15) is 22.8 Å². The lowest BCUT2D eigenvalue weighted by Crippen LogP contribution is -2.26. The largest absolute Gasteiger partial charge is 0.353 e. The fourth-order valence-electron chi connectivity index (χ4n) is 2.24. The van der Waals surface area contributed by atoms with Gasteiger partial charge >= 0.3 is 0 Å². The number of hydrogen-bond donors (Lipinski definition) is 2. The number of amides is 1. The lowest BCUT2D eigenvalue weighted by atomic mass is 10.1. The van der Waals surface area contributed by atoms with Crippen molar-refractivity contribution in [2.24, 2.45) is 0 Å². The van der Waals surface area contributed by atoms with Gasteiger partial charge < -0.3 is 5.32 Å². The Morgan fingerprint density at radius 1 is 1.30 bits per heavy atom. The molecule has 0 aliphatic rings. The predicted octanol–water partition coefficient (Wildman–Crippen LogP) is 2.86. The molecule has 0 saturated carbocycles. The van der Waals surface area contributed by atoms with E-state index in [1.807, 2.05) is 13.0 Å². The summed E-state index contributed by atoms with van der Waals surface area (Å²) in [6, 6.07) is 6.76. The maximum absolute atomic E-state index is 12.3. The Morgan fingerprint density at radius 2 is 2.00 bits per heavy atom. The third-order valence-electron chi connectivity index (χ3n) is 3.68. The molecule has 2 N–H and O–H groups in total. The Labute approximate surface area is 163 Å². The maximum Gasteiger partial charge on any atom is 0.278 e. The van der Waals surface area contributed by atoms with Crippen LogP contribution in [-0.2, 0) is 14.9 Å². The molecule has 2 rings (SSSR count). The molecule has 2 aromatic rings. The van der Waals surface area contributed by atoms with Crippen LogP contribution in [0.5, 0.6) is 0 Å². The highest BCUT2D eigenvalue weighted by Gasteiger charge is 2.19. The summed E-state index contributed by atoms with van der Waals surface area (Å²) in [6.07, 6.45) is 2.43. The van der Waals surface area contributed by atoms with Gasteiger partial charge in [-0.1, -0.05) is 17.7 Å². The van der Waals surface area contributed by atoms with E-state index in [1.165, 1.54) is 19.3 Å². The summed E-state index contributed by atoms with van der Waals surface area (Å²) in [5, 5.41) is 3.25. The molecule has 0 atom stereocenters. The van der Waals surface area contributed by atoms with Crippen LogP contribution in [0, 0.1) is 6.92 Å². The number of nitrogens with zero attached hydrogens (tertiary/aromatic N) is 2. The number of halogens is 1. The van der Waals surface area contributed by atoms with Crippen molar-refractivity contribution in [3.63, 3.8) is 0 Å². The Morgan fingerprint density at radius 3 is 2.63 bits per heavy atom. The fourth-order valence-corrected chi connectivity index (χ4v) is 2.90. The van der Waals surface area contributed by atoms with Crippen molar-refractivity contribution in [1.82, 2.24) is 10.5 Å². The number of hydroxylamine groups is 1. The molecule has 27 heavy (non-hydrogen) atoms. The van der Waals surface area contributed by atoms with E-state index >= 15 is 0 Å².